The summed E-state index contributed by atoms with van der Waals surface area (Å²) in [5.41, 5.74) is 7.29. The number of carbonyl (C=O) groups is 7. The molecule has 2 aromatic rings. The Hall–Kier alpha value is -5.84. The zero-order chi connectivity index (χ0) is 32.2. The number of imide groups is 1. The molecule has 1 unspecified atom stereocenters. The molecule has 226 valence electrons. The van der Waals surface area contributed by atoms with E-state index in [1.54, 1.807) is 0 Å². The second-order valence-corrected chi connectivity index (χ2v) is 9.14. The van der Waals surface area contributed by atoms with Crippen molar-refractivity contribution >= 4 is 58.9 Å². The van der Waals surface area contributed by atoms with Gasteiger partial charge >= 0.3 is 23.9 Å². The summed E-state index contributed by atoms with van der Waals surface area (Å²) in [6.45, 7) is 0.724. The van der Waals surface area contributed by atoms with E-state index in [0.717, 1.165) is 20.1 Å². The first-order chi connectivity index (χ1) is 20.2. The van der Waals surface area contributed by atoms with Crippen LogP contribution in [0.4, 0.5) is 16.2 Å². The number of hydrogen-bond donors (Lipinski definition) is 7. The van der Waals surface area contributed by atoms with Crippen molar-refractivity contribution in [3.05, 3.63) is 59.7 Å². The Kier molecular flexibility index (Phi) is 9.10. The normalized spacial score (nSPS) is 16.3. The van der Waals surface area contributed by atoms with Gasteiger partial charge in [-0.1, -0.05) is 24.3 Å². The number of amides is 4. The number of ether oxygens (including phenoxy) is 1. The lowest BCUT2D eigenvalue weighted by Gasteiger charge is -2.43. The molecular formula is C26H27N7O10. The molecule has 0 radical (unpaired) electrons. The summed E-state index contributed by atoms with van der Waals surface area (Å²) in [6, 6.07) is 5.14. The Bertz CT molecular complexity index is 1510. The van der Waals surface area contributed by atoms with E-state index in [2.05, 4.69) is 15.4 Å². The van der Waals surface area contributed by atoms with Crippen LogP contribution in [0.5, 0.6) is 0 Å². The third kappa shape index (κ3) is 5.82. The van der Waals surface area contributed by atoms with E-state index in [1.807, 2.05) is 0 Å². The first-order valence-corrected chi connectivity index (χ1v) is 12.3. The van der Waals surface area contributed by atoms with Gasteiger partial charge in [0.05, 0.1) is 25.1 Å². The van der Waals surface area contributed by atoms with Gasteiger partial charge in [0.15, 0.2) is 11.7 Å². The largest absolute Gasteiger partial charge is 0.481 e. The number of ketones is 1. The van der Waals surface area contributed by atoms with Crippen LogP contribution in [0.3, 0.4) is 0 Å². The Labute approximate surface area is 242 Å². The summed E-state index contributed by atoms with van der Waals surface area (Å²) < 4.78 is 4.66. The number of carboxylic acid groups (broad SMARTS) is 2. The molecule has 17 nitrogen and oxygen atoms in total. The van der Waals surface area contributed by atoms with E-state index in [0.29, 0.717) is 4.90 Å². The summed E-state index contributed by atoms with van der Waals surface area (Å²) in [4.78, 5) is 91.1. The molecule has 1 aliphatic rings. The standard InChI is InChI=1S/C26H27N7O10/c1-12(34)26(23(40)41,32(14-6-4-3-5-7-14)20(37)16(27)11-18(35)36)33-21(38)19(31-25(33)42)15-9-8-13(22(39)43-2)10-17(15)30-24(28)29/h3-10,16,19H,11,27H2,1-2H3,(H,31,42)(H,35,36)(H,40,41)(H4,28,29,30)/t16-,19?,26+/m0/s1. The van der Waals surface area contributed by atoms with E-state index < -0.39 is 71.7 Å². The van der Waals surface area contributed by atoms with Crippen molar-refractivity contribution in [1.29, 1.82) is 5.41 Å². The molecule has 0 saturated carbocycles. The van der Waals surface area contributed by atoms with Crippen LogP contribution in [0.25, 0.3) is 0 Å². The number of esters is 1. The average molecular weight is 598 g/mol. The quantitative estimate of drug-likeness (QED) is 0.0570. The van der Waals surface area contributed by atoms with Gasteiger partial charge in [-0.15, -0.1) is 0 Å². The lowest BCUT2D eigenvalue weighted by molar-refractivity contribution is -0.161. The van der Waals surface area contributed by atoms with Crippen molar-refractivity contribution in [2.75, 3.05) is 17.3 Å². The zero-order valence-corrected chi connectivity index (χ0v) is 22.7. The number of rotatable bonds is 11. The highest BCUT2D eigenvalue weighted by Crippen LogP contribution is 2.37. The van der Waals surface area contributed by atoms with Crippen LogP contribution in [-0.2, 0) is 28.7 Å². The minimum Gasteiger partial charge on any atom is -0.481 e. The number of aliphatic carboxylic acids is 2. The lowest BCUT2D eigenvalue weighted by Crippen LogP contribution is -2.74. The highest BCUT2D eigenvalue weighted by atomic mass is 16.5. The molecule has 1 aliphatic heterocycles. The number of benzene rings is 2. The predicted molar refractivity (Wildman–Crippen MR) is 147 cm³/mol. The fraction of sp³-hybridized carbons (Fsp3) is 0.231. The Morgan fingerprint density at radius 1 is 1.14 bits per heavy atom. The summed E-state index contributed by atoms with van der Waals surface area (Å²) in [5, 5.41) is 32.0. The minimum atomic E-state index is -3.38. The van der Waals surface area contributed by atoms with Crippen molar-refractivity contribution < 1.29 is 48.5 Å². The smallest absolute Gasteiger partial charge is 0.360 e. The van der Waals surface area contributed by atoms with Gasteiger partial charge in [0, 0.05) is 16.9 Å². The summed E-state index contributed by atoms with van der Waals surface area (Å²) >= 11 is 0. The average Bonchev–Trinajstić information content (AvgIpc) is 3.23. The van der Waals surface area contributed by atoms with Crippen LogP contribution in [0.1, 0.15) is 35.3 Å². The number of nitrogens with one attached hydrogen (secondary N) is 3. The van der Waals surface area contributed by atoms with Gasteiger partial charge in [-0.25, -0.2) is 19.3 Å². The molecular weight excluding hydrogens is 570 g/mol. The zero-order valence-electron chi connectivity index (χ0n) is 22.7. The van der Waals surface area contributed by atoms with Gasteiger partial charge in [0.25, 0.3) is 11.6 Å². The first-order valence-electron chi connectivity index (χ1n) is 12.3. The third-order valence-electron chi connectivity index (χ3n) is 6.38. The molecule has 43 heavy (non-hydrogen) atoms. The van der Waals surface area contributed by atoms with E-state index in [4.69, 9.17) is 16.9 Å². The molecule has 1 fully saturated rings. The molecule has 0 aromatic heterocycles. The number of nitrogens with zero attached hydrogens (tertiary/aromatic N) is 2. The Balaban J connectivity index is 2.27. The monoisotopic (exact) mass is 597 g/mol. The van der Waals surface area contributed by atoms with Crippen molar-refractivity contribution in [2.45, 2.75) is 31.1 Å². The number of urea groups is 1. The number of hydrogen-bond acceptors (Lipinski definition) is 10. The first kappa shape index (κ1) is 31.7. The molecule has 3 rings (SSSR count). The number of Topliss-reactive ketones (excluding diaryl/α,β-unsaturated/α-hetero) is 1. The summed E-state index contributed by atoms with van der Waals surface area (Å²) in [6.07, 6.45) is -0.981. The van der Waals surface area contributed by atoms with Crippen LogP contribution in [0.15, 0.2) is 48.5 Å². The minimum absolute atomic E-state index is 0.0342. The van der Waals surface area contributed by atoms with E-state index in [1.165, 1.54) is 42.5 Å². The maximum absolute atomic E-state index is 14.0. The Morgan fingerprint density at radius 3 is 2.28 bits per heavy atom. The number of nitrogens with two attached hydrogens (primary N) is 2. The number of para-hydroxylation sites is 1. The second-order valence-electron chi connectivity index (χ2n) is 9.14. The third-order valence-corrected chi connectivity index (χ3v) is 6.38. The molecule has 2 aromatic carbocycles. The number of carbonyl (C=O) groups excluding carboxylic acids is 5. The topological polar surface area (TPSA) is 276 Å². The van der Waals surface area contributed by atoms with Crippen molar-refractivity contribution in [3.8, 4) is 0 Å². The van der Waals surface area contributed by atoms with Crippen molar-refractivity contribution in [1.82, 2.24) is 10.2 Å². The van der Waals surface area contributed by atoms with Gasteiger partial charge < -0.3 is 37.1 Å². The maximum Gasteiger partial charge on any atom is 0.360 e. The van der Waals surface area contributed by atoms with Gasteiger partial charge in [0.1, 0.15) is 6.04 Å². The van der Waals surface area contributed by atoms with Crippen LogP contribution < -0.4 is 27.0 Å². The van der Waals surface area contributed by atoms with Crippen LogP contribution in [-0.4, -0.2) is 81.4 Å². The fourth-order valence-corrected chi connectivity index (χ4v) is 4.55. The molecule has 3 atom stereocenters. The number of anilines is 2. The summed E-state index contributed by atoms with van der Waals surface area (Å²) in [5.74, 6) is -9.18. The number of methoxy groups -OCH3 is 1. The van der Waals surface area contributed by atoms with E-state index >= 15 is 0 Å². The molecule has 17 heteroatoms. The lowest BCUT2D eigenvalue weighted by atomic mass is 9.96. The molecule has 9 N–H and O–H groups in total. The van der Waals surface area contributed by atoms with Gasteiger partial charge in [-0.2, -0.15) is 0 Å². The van der Waals surface area contributed by atoms with E-state index in [-0.39, 0.29) is 27.4 Å². The molecule has 1 heterocycles. The van der Waals surface area contributed by atoms with Crippen molar-refractivity contribution in [3.63, 3.8) is 0 Å². The highest BCUT2D eigenvalue weighted by Gasteiger charge is 2.64. The number of carboxylic acids is 2. The van der Waals surface area contributed by atoms with Crippen LogP contribution in [0, 0.1) is 5.41 Å². The molecule has 0 spiro atoms. The molecule has 1 saturated heterocycles. The number of guanidine groups is 1. The van der Waals surface area contributed by atoms with Gasteiger partial charge in [-0.3, -0.25) is 29.5 Å². The summed E-state index contributed by atoms with van der Waals surface area (Å²) in [7, 11) is 1.11. The molecule has 0 aliphatic carbocycles. The van der Waals surface area contributed by atoms with Crippen LogP contribution >= 0.6 is 0 Å². The fourth-order valence-electron chi connectivity index (χ4n) is 4.55. The SMILES string of the molecule is COC(=O)c1ccc(C2NC(=O)N([C@](C(C)=O)(C(=O)O)N(C(=O)[C@@H](N)CC(=O)O)c3ccccc3)C2=O)c(NC(=N)N)c1. The highest BCUT2D eigenvalue weighted by molar-refractivity contribution is 6.23. The molecule has 0 bridgehead atoms. The molecule has 4 amide bonds. The van der Waals surface area contributed by atoms with Crippen molar-refractivity contribution in [2.24, 2.45) is 11.5 Å². The van der Waals surface area contributed by atoms with E-state index in [9.17, 15) is 43.8 Å². The van der Waals surface area contributed by atoms with Gasteiger partial charge in [-0.05, 0) is 31.2 Å². The predicted octanol–water partition coefficient (Wildman–Crippen LogP) is -0.423. The second kappa shape index (κ2) is 12.4. The Morgan fingerprint density at radius 2 is 1.77 bits per heavy atom. The van der Waals surface area contributed by atoms with Gasteiger partial charge in [0.2, 0.25) is 5.91 Å². The van der Waals surface area contributed by atoms with Crippen LogP contribution in [0.2, 0.25) is 0 Å². The maximum atomic E-state index is 14.0.